The van der Waals surface area contributed by atoms with Crippen molar-refractivity contribution >= 4 is 76.6 Å². The number of aliphatic hydroxyl groups excluding tert-OH is 11. The number of amides is 5. The van der Waals surface area contributed by atoms with Gasteiger partial charge in [-0.1, -0.05) is 113 Å². The second kappa shape index (κ2) is 45.1. The fraction of sp³-hybridized carbons (Fsp3) is 0.516. The number of phenolic OH excluding ortho intramolecular Hbond substituents is 3. The van der Waals surface area contributed by atoms with Crippen LogP contribution in [0, 0.1) is 23.7 Å². The number of ether oxygens (including phenoxy) is 6. The topological polar surface area (TPSA) is 590 Å². The number of nitrogens with two attached hydrogens (primary N) is 1. The first-order valence-electron chi connectivity index (χ1n) is 43.9. The lowest BCUT2D eigenvalue weighted by atomic mass is 9.73. The number of unbranched alkanes of at least 4 members (excludes halogenated alkanes) is 3. The molecule has 38 heteroatoms. The van der Waals surface area contributed by atoms with E-state index in [9.17, 15) is 90.7 Å². The molecule has 0 radical (unpaired) electrons. The van der Waals surface area contributed by atoms with Gasteiger partial charge >= 0.3 is 0 Å². The lowest BCUT2D eigenvalue weighted by Crippen LogP contribution is -2.64. The monoisotopic (exact) mass is 1870 g/mol. The molecule has 6 heterocycles. The van der Waals surface area contributed by atoms with E-state index in [1.54, 1.807) is 6.92 Å². The summed E-state index contributed by atoms with van der Waals surface area (Å²) in [5.74, 6) is -18.8. The maximum absolute atomic E-state index is 16.6. The van der Waals surface area contributed by atoms with E-state index in [0.29, 0.717) is 13.0 Å². The van der Waals surface area contributed by atoms with Gasteiger partial charge in [-0.25, -0.2) is 0 Å². The van der Waals surface area contributed by atoms with E-state index in [0.717, 1.165) is 73.7 Å². The first-order chi connectivity index (χ1) is 62.3. The number of carbonyl (C=O) groups excluding carboxylic acids is 9. The number of ketones is 3. The second-order valence-electron chi connectivity index (χ2n) is 35.0. The Morgan fingerprint density at radius 3 is 1.98 bits per heavy atom. The van der Waals surface area contributed by atoms with E-state index in [2.05, 4.69) is 51.0 Å². The van der Waals surface area contributed by atoms with Crippen molar-refractivity contribution in [3.8, 4) is 57.1 Å². The third kappa shape index (κ3) is 24.1. The average molecular weight is 1870 g/mol. The van der Waals surface area contributed by atoms with Gasteiger partial charge in [0.1, 0.15) is 108 Å². The molecule has 6 aromatic carbocycles. The number of primary amides is 1. The predicted molar refractivity (Wildman–Crippen MR) is 470 cm³/mol. The predicted octanol–water partition coefficient (Wildman–Crippen LogP) is 5.06. The van der Waals surface area contributed by atoms with E-state index < -0.39 is 275 Å². The van der Waals surface area contributed by atoms with Gasteiger partial charge in [0.2, 0.25) is 47.8 Å². The zero-order chi connectivity index (χ0) is 95.3. The zero-order valence-electron chi connectivity index (χ0n) is 73.2. The van der Waals surface area contributed by atoms with Crippen molar-refractivity contribution in [3.63, 3.8) is 0 Å². The molecule has 2 fully saturated rings. The maximum Gasteiger partial charge on any atom is 0.295 e. The van der Waals surface area contributed by atoms with Crippen molar-refractivity contribution in [2.24, 2.45) is 29.4 Å². The smallest absolute Gasteiger partial charge is 0.295 e. The van der Waals surface area contributed by atoms with Crippen LogP contribution < -0.4 is 51.8 Å². The van der Waals surface area contributed by atoms with Gasteiger partial charge < -0.3 is 138 Å². The van der Waals surface area contributed by atoms with Crippen LogP contribution in [-0.2, 0) is 76.9 Å². The van der Waals surface area contributed by atoms with Crippen LogP contribution in [0.15, 0.2) is 97.1 Å². The molecular formula is C93H117Cl2N7O29. The SMILES string of the molecule is CCCCCc1ccc(CNC2(C)C[C@H](O[C@@H]3C(O)C(O)[C@@H](CO)O[C@H]3Oc3c4cc5cc3Oc3ccc(cc3Cl)[C@@H](O)[C@@H](NC(=O)[C@H](CC)CC(C)C)C(=O)C[C@@H](CC(N)=O)C(=O)N[C@H]5C(=O)C[C@@H]3C(=O)N[C@H](C(=O)N[C@H](OC=O)c5cc(O)c(CNCCCCC(=O)[C@H](O)[C@@H](O)[C@H](O)[C@H](O)CO)c(O)c5-c5cc3ccc5O)[C@H](O)c3ccc(c(Cl)c3)O4)C[C@@H](C)[C@H]2O)cc1. The van der Waals surface area contributed by atoms with Crippen LogP contribution >= 0.6 is 23.2 Å². The second-order valence-corrected chi connectivity index (χ2v) is 35.9. The van der Waals surface area contributed by atoms with Crippen molar-refractivity contribution < 1.29 is 143 Å². The van der Waals surface area contributed by atoms with Gasteiger partial charge in [-0.3, -0.25) is 43.2 Å². The molecule has 11 bridgehead atoms. The van der Waals surface area contributed by atoms with Crippen LogP contribution in [0.25, 0.3) is 11.1 Å². The molecule has 5 amide bonds. The Labute approximate surface area is 765 Å². The Bertz CT molecular complexity index is 5090. The van der Waals surface area contributed by atoms with Crippen LogP contribution in [0.5, 0.6) is 46.0 Å². The molecule has 6 aliphatic heterocycles. The van der Waals surface area contributed by atoms with Crippen molar-refractivity contribution in [1.29, 1.82) is 0 Å². The van der Waals surface area contributed by atoms with Crippen molar-refractivity contribution in [2.75, 3.05) is 19.8 Å². The van der Waals surface area contributed by atoms with E-state index >= 15 is 24.0 Å². The van der Waals surface area contributed by atoms with Gasteiger partial charge in [0.05, 0.1) is 52.9 Å². The Morgan fingerprint density at radius 2 is 1.37 bits per heavy atom. The van der Waals surface area contributed by atoms with E-state index in [1.807, 2.05) is 39.8 Å². The van der Waals surface area contributed by atoms with Gasteiger partial charge in [0, 0.05) is 66.9 Å². The number of aryl methyl sites for hydroxylation is 1. The minimum Gasteiger partial charge on any atom is -0.507 e. The van der Waals surface area contributed by atoms with E-state index in [1.165, 1.54) is 35.9 Å². The number of halogens is 2. The number of phenols is 3. The number of Topliss-reactive ketones (excluding diaryl/α,β-unsaturated/α-hetero) is 3. The minimum atomic E-state index is -2.26. The molecular weight excluding hydrogens is 1750 g/mol. The molecule has 36 nitrogen and oxygen atoms in total. The molecule has 1 saturated carbocycles. The molecule has 1 saturated heterocycles. The number of benzene rings is 6. The number of carbonyl (C=O) groups is 9. The van der Waals surface area contributed by atoms with Crippen LogP contribution in [0.4, 0.5) is 0 Å². The van der Waals surface area contributed by atoms with Gasteiger partial charge in [-0.2, -0.15) is 0 Å². The first-order valence-corrected chi connectivity index (χ1v) is 44.6. The van der Waals surface area contributed by atoms with Crippen LogP contribution in [0.2, 0.25) is 10.0 Å². The Balaban J connectivity index is 1.08. The number of hydrogen-bond donors (Lipinski definition) is 21. The number of rotatable bonds is 33. The highest BCUT2D eigenvalue weighted by Crippen LogP contribution is 2.52. The Kier molecular flexibility index (Phi) is 34.9. The third-order valence-corrected chi connectivity index (χ3v) is 25.5. The molecule has 3 unspecified atom stereocenters. The lowest BCUT2D eigenvalue weighted by molar-refractivity contribution is -0.299. The third-order valence-electron chi connectivity index (χ3n) is 24.9. The molecule has 13 rings (SSSR count). The summed E-state index contributed by atoms with van der Waals surface area (Å²) in [4.78, 5) is 132. The zero-order valence-corrected chi connectivity index (χ0v) is 74.7. The number of aromatic hydroxyl groups is 3. The standard InChI is InChI=1S/C93H117Cl2N7O29/c1-7-9-10-13-45-15-17-46(18-16-45)38-98-93(6)37-53(27-44(5)86(93)121)127-85-83(120)81(118)70(41-104)130-92(85)131-84-68-32-51-33-69(84)129-67-24-21-50(30-59(67)95)77(114)75-90(125)102-91(126-42-105)56-36-62(108)57(39-97-25-12-11-14-61(107)79(116)82(119)80(117)65(111)40-103)78(115)72(56)55-28-48(19-22-60(55)106)54(89(124)101-75)35-64(110)73(51)99-88(123)52(34-71(96)112)31-63(109)74(100-87(122)47(8-2)26-43(3)4)76(113)49-20-23-66(128-68)58(94)29-49/h15-24,28-30,32-33,36,42-44,47,52-54,65,70,73-77,79-83,85-86,91-92,97-98,103-104,106,108,111,113-121H,7-14,25-27,31,34-35,37-41H2,1-6H3,(H2,96,112)(H,99,123)(H,100,122)(H,101,124)(H,102,125)/t44-,47-,52+,53-,54+,65-,70-,73-,74+,75+,76-,77-,79+,80-,81?,82-,83?,85-,86-,91-,92+,93?/m1/s1. The largest absolute Gasteiger partial charge is 0.507 e. The average Bonchev–Trinajstić information content (AvgIpc) is 0.758. The van der Waals surface area contributed by atoms with E-state index in [4.69, 9.17) is 57.4 Å². The summed E-state index contributed by atoms with van der Waals surface area (Å²) in [5, 5.41) is 175. The van der Waals surface area contributed by atoms with Crippen LogP contribution in [0.1, 0.15) is 200 Å². The minimum absolute atomic E-state index is 0.00362. The summed E-state index contributed by atoms with van der Waals surface area (Å²) in [6, 6.07) is 15.4. The fourth-order valence-corrected chi connectivity index (χ4v) is 17.9. The normalized spacial score (nSPS) is 26.5. The molecule has 7 aliphatic rings. The summed E-state index contributed by atoms with van der Waals surface area (Å²) in [6.07, 6.45) is -24.1. The van der Waals surface area contributed by atoms with Crippen molar-refractivity contribution in [3.05, 3.63) is 152 Å². The molecule has 22 atom stereocenters. The van der Waals surface area contributed by atoms with Gasteiger partial charge in [-0.15, -0.1) is 0 Å². The van der Waals surface area contributed by atoms with Crippen molar-refractivity contribution in [1.82, 2.24) is 31.9 Å². The molecule has 0 spiro atoms. The van der Waals surface area contributed by atoms with Crippen LogP contribution in [0.3, 0.4) is 0 Å². The summed E-state index contributed by atoms with van der Waals surface area (Å²) in [6.45, 7) is 9.04. The number of hydrogen-bond acceptors (Lipinski definition) is 31. The lowest BCUT2D eigenvalue weighted by Gasteiger charge is -2.48. The highest BCUT2D eigenvalue weighted by molar-refractivity contribution is 6.32. The molecule has 1 aliphatic carbocycles. The van der Waals surface area contributed by atoms with Crippen molar-refractivity contribution in [2.45, 2.75) is 260 Å². The highest BCUT2D eigenvalue weighted by atomic mass is 35.5. The molecule has 712 valence electrons. The quantitative estimate of drug-likeness (QED) is 0.0189. The molecule has 131 heavy (non-hydrogen) atoms. The molecule has 6 aromatic rings. The Hall–Kier alpha value is -10.1. The number of fused-ring (bicyclic) bond motifs is 15. The van der Waals surface area contributed by atoms with Gasteiger partial charge in [0.15, 0.2) is 28.8 Å². The summed E-state index contributed by atoms with van der Waals surface area (Å²) >= 11 is 14.5. The van der Waals surface area contributed by atoms with Gasteiger partial charge in [-0.05, 0) is 165 Å². The van der Waals surface area contributed by atoms with E-state index in [-0.39, 0.29) is 102 Å². The fourth-order valence-electron chi connectivity index (χ4n) is 17.5. The van der Waals surface area contributed by atoms with Gasteiger partial charge in [0.25, 0.3) is 6.47 Å². The maximum atomic E-state index is 16.6. The molecule has 0 aromatic heterocycles. The van der Waals surface area contributed by atoms with Crippen LogP contribution in [-0.4, -0.2) is 230 Å². The summed E-state index contributed by atoms with van der Waals surface area (Å²) in [7, 11) is 0. The first kappa shape index (κ1) is 101. The number of nitrogens with one attached hydrogen (secondary N) is 6. The Morgan fingerprint density at radius 1 is 0.710 bits per heavy atom. The summed E-state index contributed by atoms with van der Waals surface area (Å²) < 4.78 is 39.4. The number of aliphatic hydroxyl groups is 11. The highest BCUT2D eigenvalue weighted by Gasteiger charge is 2.52. The molecule has 22 N–H and O–H groups in total. The summed E-state index contributed by atoms with van der Waals surface area (Å²) in [5.41, 5.74) is 4.15.